The topological polar surface area (TPSA) is 74.2 Å². The van der Waals surface area contributed by atoms with Gasteiger partial charge in [0, 0.05) is 17.6 Å². The van der Waals surface area contributed by atoms with Crippen molar-refractivity contribution in [2.24, 2.45) is 0 Å². The largest absolute Gasteiger partial charge is 0.392 e. The van der Waals surface area contributed by atoms with Crippen LogP contribution in [0.2, 0.25) is 0 Å². The molecule has 0 fully saturated rings. The molecule has 1 aromatic rings. The molecule has 5 nitrogen and oxygen atoms in total. The minimum absolute atomic E-state index is 0.116. The fourth-order valence-corrected chi connectivity index (χ4v) is 2.10. The van der Waals surface area contributed by atoms with E-state index in [1.165, 1.54) is 4.88 Å². The van der Waals surface area contributed by atoms with Gasteiger partial charge in [-0.2, -0.15) is 0 Å². The first-order chi connectivity index (χ1) is 8.02. The number of hydrogen-bond acceptors (Lipinski definition) is 4. The number of rotatable bonds is 5. The van der Waals surface area contributed by atoms with E-state index in [2.05, 4.69) is 22.5 Å². The van der Waals surface area contributed by atoms with E-state index in [1.54, 1.807) is 18.3 Å². The molecule has 6 heteroatoms. The van der Waals surface area contributed by atoms with Crippen LogP contribution in [0.4, 0.5) is 4.79 Å². The van der Waals surface area contributed by atoms with E-state index in [9.17, 15) is 4.79 Å². The molecular weight excluding hydrogens is 238 g/mol. The highest BCUT2D eigenvalue weighted by Crippen LogP contribution is 2.19. The molecule has 0 unspecified atom stereocenters. The maximum Gasteiger partial charge on any atom is 0.315 e. The normalized spacial score (nSPS) is 14.1. The van der Waals surface area contributed by atoms with Crippen molar-refractivity contribution in [2.45, 2.75) is 39.3 Å². The number of thiazole rings is 1. The van der Waals surface area contributed by atoms with Crippen LogP contribution in [0.5, 0.6) is 0 Å². The van der Waals surface area contributed by atoms with E-state index in [1.807, 2.05) is 13.1 Å². The molecule has 2 atom stereocenters. The van der Waals surface area contributed by atoms with Gasteiger partial charge in [-0.3, -0.25) is 0 Å². The monoisotopic (exact) mass is 257 g/mol. The summed E-state index contributed by atoms with van der Waals surface area (Å²) in [4.78, 5) is 16.9. The Bertz CT molecular complexity index is 365. The Morgan fingerprint density at radius 2 is 2.29 bits per heavy atom. The standard InChI is InChI=1S/C11H19N3O2S/c1-4-9-6-12-10(17-9)8(3)14-11(16)13-5-7(2)15/h6-8,15H,4-5H2,1-3H3,(H2,13,14,16)/t7-,8-/m0/s1. The van der Waals surface area contributed by atoms with Gasteiger partial charge in [-0.05, 0) is 20.3 Å². The van der Waals surface area contributed by atoms with Gasteiger partial charge in [-0.25, -0.2) is 9.78 Å². The summed E-state index contributed by atoms with van der Waals surface area (Å²) >= 11 is 1.60. The predicted molar refractivity (Wildman–Crippen MR) is 68.1 cm³/mol. The molecule has 2 amide bonds. The molecular formula is C11H19N3O2S. The summed E-state index contributed by atoms with van der Waals surface area (Å²) < 4.78 is 0. The van der Waals surface area contributed by atoms with Crippen LogP contribution in [-0.4, -0.2) is 28.8 Å². The average Bonchev–Trinajstić information content (AvgIpc) is 2.74. The molecule has 0 radical (unpaired) electrons. The first kappa shape index (κ1) is 13.9. The molecule has 96 valence electrons. The maximum atomic E-state index is 11.5. The minimum Gasteiger partial charge on any atom is -0.392 e. The summed E-state index contributed by atoms with van der Waals surface area (Å²) in [6, 6.07) is -0.402. The third-order valence-electron chi connectivity index (χ3n) is 2.20. The number of aryl methyl sites for hydroxylation is 1. The Kier molecular flexibility index (Phi) is 5.37. The zero-order valence-electron chi connectivity index (χ0n) is 10.4. The lowest BCUT2D eigenvalue weighted by Gasteiger charge is -2.13. The first-order valence-corrected chi connectivity index (χ1v) is 6.51. The van der Waals surface area contributed by atoms with Crippen LogP contribution in [0.25, 0.3) is 0 Å². The lowest BCUT2D eigenvalue weighted by molar-refractivity contribution is 0.187. The highest BCUT2D eigenvalue weighted by molar-refractivity contribution is 7.11. The fraction of sp³-hybridized carbons (Fsp3) is 0.636. The second-order valence-corrected chi connectivity index (χ2v) is 5.09. The Labute approximate surface area is 105 Å². The molecule has 1 rings (SSSR count). The van der Waals surface area contributed by atoms with E-state index in [0.29, 0.717) is 0 Å². The molecule has 0 aliphatic carbocycles. The van der Waals surface area contributed by atoms with Crippen molar-refractivity contribution < 1.29 is 9.90 Å². The molecule has 3 N–H and O–H groups in total. The highest BCUT2D eigenvalue weighted by atomic mass is 32.1. The van der Waals surface area contributed by atoms with E-state index in [4.69, 9.17) is 5.11 Å². The minimum atomic E-state index is -0.539. The second kappa shape index (κ2) is 6.56. The van der Waals surface area contributed by atoms with Gasteiger partial charge in [0.05, 0.1) is 12.1 Å². The van der Waals surface area contributed by atoms with Gasteiger partial charge in [-0.1, -0.05) is 6.92 Å². The fourth-order valence-electron chi connectivity index (χ4n) is 1.24. The average molecular weight is 257 g/mol. The molecule has 0 bridgehead atoms. The summed E-state index contributed by atoms with van der Waals surface area (Å²) in [7, 11) is 0. The van der Waals surface area contributed by atoms with Gasteiger partial charge in [-0.15, -0.1) is 11.3 Å². The van der Waals surface area contributed by atoms with E-state index in [-0.39, 0.29) is 18.6 Å². The number of amides is 2. The van der Waals surface area contributed by atoms with E-state index < -0.39 is 6.10 Å². The van der Waals surface area contributed by atoms with Crippen molar-refractivity contribution in [3.63, 3.8) is 0 Å². The molecule has 0 aliphatic heterocycles. The third-order valence-corrected chi connectivity index (χ3v) is 3.52. The van der Waals surface area contributed by atoms with Crippen molar-refractivity contribution in [1.82, 2.24) is 15.6 Å². The van der Waals surface area contributed by atoms with Crippen molar-refractivity contribution in [3.05, 3.63) is 16.1 Å². The number of nitrogens with one attached hydrogen (secondary N) is 2. The van der Waals surface area contributed by atoms with Gasteiger partial charge in [0.2, 0.25) is 0 Å². The molecule has 1 heterocycles. The highest BCUT2D eigenvalue weighted by Gasteiger charge is 2.12. The number of hydrogen-bond donors (Lipinski definition) is 3. The first-order valence-electron chi connectivity index (χ1n) is 5.70. The Hall–Kier alpha value is -1.14. The lowest BCUT2D eigenvalue weighted by atomic mass is 10.3. The van der Waals surface area contributed by atoms with Gasteiger partial charge in [0.25, 0.3) is 0 Å². The summed E-state index contributed by atoms with van der Waals surface area (Å²) in [5, 5.41) is 15.3. The van der Waals surface area contributed by atoms with Crippen molar-refractivity contribution in [1.29, 1.82) is 0 Å². The van der Waals surface area contributed by atoms with Gasteiger partial charge in [0.1, 0.15) is 5.01 Å². The van der Waals surface area contributed by atoms with Gasteiger partial charge >= 0.3 is 6.03 Å². The number of aromatic nitrogens is 1. The molecule has 1 aromatic heterocycles. The number of aliphatic hydroxyl groups excluding tert-OH is 1. The van der Waals surface area contributed by atoms with Gasteiger partial charge < -0.3 is 15.7 Å². The zero-order valence-corrected chi connectivity index (χ0v) is 11.2. The Morgan fingerprint density at radius 3 is 2.82 bits per heavy atom. The molecule has 0 spiro atoms. The number of carbonyl (C=O) groups is 1. The molecule has 0 aliphatic rings. The predicted octanol–water partition coefficient (Wildman–Crippen LogP) is 1.45. The van der Waals surface area contributed by atoms with E-state index in [0.717, 1.165) is 11.4 Å². The lowest BCUT2D eigenvalue weighted by Crippen LogP contribution is -2.40. The van der Waals surface area contributed by atoms with Crippen LogP contribution in [0.3, 0.4) is 0 Å². The SMILES string of the molecule is CCc1cnc([C@H](C)NC(=O)NC[C@H](C)O)s1. The van der Waals surface area contributed by atoms with Crippen LogP contribution in [0, 0.1) is 0 Å². The van der Waals surface area contributed by atoms with E-state index >= 15 is 0 Å². The second-order valence-electron chi connectivity index (χ2n) is 3.94. The van der Waals surface area contributed by atoms with Crippen molar-refractivity contribution >= 4 is 17.4 Å². The Balaban J connectivity index is 2.42. The molecule has 0 saturated heterocycles. The van der Waals surface area contributed by atoms with Crippen LogP contribution in [-0.2, 0) is 6.42 Å². The molecule has 0 saturated carbocycles. The number of urea groups is 1. The number of aliphatic hydroxyl groups is 1. The zero-order chi connectivity index (χ0) is 12.8. The van der Waals surface area contributed by atoms with Crippen LogP contribution >= 0.6 is 11.3 Å². The number of nitrogens with zero attached hydrogens (tertiary/aromatic N) is 1. The van der Waals surface area contributed by atoms with Crippen LogP contribution in [0.15, 0.2) is 6.20 Å². The van der Waals surface area contributed by atoms with Crippen LogP contribution in [0.1, 0.15) is 36.7 Å². The molecule has 0 aromatic carbocycles. The van der Waals surface area contributed by atoms with Crippen molar-refractivity contribution in [2.75, 3.05) is 6.54 Å². The molecule has 17 heavy (non-hydrogen) atoms. The van der Waals surface area contributed by atoms with Gasteiger partial charge in [0.15, 0.2) is 0 Å². The summed E-state index contributed by atoms with van der Waals surface area (Å²) in [6.07, 6.45) is 2.26. The van der Waals surface area contributed by atoms with Crippen LogP contribution < -0.4 is 10.6 Å². The maximum absolute atomic E-state index is 11.5. The summed E-state index contributed by atoms with van der Waals surface area (Å²) in [5.41, 5.74) is 0. The number of carbonyl (C=O) groups excluding carboxylic acids is 1. The quantitative estimate of drug-likeness (QED) is 0.747. The summed E-state index contributed by atoms with van der Waals surface area (Å²) in [6.45, 7) is 5.83. The van der Waals surface area contributed by atoms with Crippen molar-refractivity contribution in [3.8, 4) is 0 Å². The smallest absolute Gasteiger partial charge is 0.315 e. The third kappa shape index (κ3) is 4.70. The summed E-state index contributed by atoms with van der Waals surface area (Å²) in [5.74, 6) is 0. The Morgan fingerprint density at radius 1 is 1.59 bits per heavy atom.